The van der Waals surface area contributed by atoms with E-state index in [9.17, 15) is 0 Å². The van der Waals surface area contributed by atoms with Crippen LogP contribution in [-0.4, -0.2) is 19.3 Å². The minimum absolute atomic E-state index is 0.206. The van der Waals surface area contributed by atoms with Crippen LogP contribution in [0, 0.1) is 5.92 Å². The number of piperidine rings is 1. The van der Waals surface area contributed by atoms with E-state index < -0.39 is 0 Å². The fourth-order valence-electron chi connectivity index (χ4n) is 2.30. The highest BCUT2D eigenvalue weighted by Crippen LogP contribution is 2.27. The molecule has 0 spiro atoms. The van der Waals surface area contributed by atoms with Crippen molar-refractivity contribution in [2.75, 3.05) is 19.3 Å². The highest BCUT2D eigenvalue weighted by atomic mass is 32.2. The first-order valence-electron chi connectivity index (χ1n) is 5.91. The zero-order chi connectivity index (χ0) is 11.4. The first-order valence-corrected chi connectivity index (χ1v) is 7.14. The zero-order valence-corrected chi connectivity index (χ0v) is 10.6. The third kappa shape index (κ3) is 2.78. The van der Waals surface area contributed by atoms with Crippen LogP contribution < -0.4 is 11.1 Å². The third-order valence-electron chi connectivity index (χ3n) is 3.39. The maximum atomic E-state index is 6.33. The Morgan fingerprint density at radius 1 is 1.25 bits per heavy atom. The Balaban J connectivity index is 2.04. The minimum Gasteiger partial charge on any atom is -0.324 e. The van der Waals surface area contributed by atoms with Crippen molar-refractivity contribution in [2.24, 2.45) is 11.7 Å². The highest BCUT2D eigenvalue weighted by Gasteiger charge is 2.21. The van der Waals surface area contributed by atoms with Gasteiger partial charge in [0.1, 0.15) is 0 Å². The predicted molar refractivity (Wildman–Crippen MR) is 70.7 cm³/mol. The summed E-state index contributed by atoms with van der Waals surface area (Å²) in [5.41, 5.74) is 7.61. The maximum Gasteiger partial charge on any atom is 0.0324 e. The maximum absolute atomic E-state index is 6.33. The van der Waals surface area contributed by atoms with Gasteiger partial charge in [0, 0.05) is 10.9 Å². The first-order chi connectivity index (χ1) is 7.81. The smallest absolute Gasteiger partial charge is 0.0324 e. The van der Waals surface area contributed by atoms with Crippen molar-refractivity contribution in [3.63, 3.8) is 0 Å². The van der Waals surface area contributed by atoms with Crippen LogP contribution in [-0.2, 0) is 0 Å². The number of nitrogens with one attached hydrogen (secondary N) is 1. The van der Waals surface area contributed by atoms with Gasteiger partial charge >= 0.3 is 0 Å². The van der Waals surface area contributed by atoms with Crippen molar-refractivity contribution in [1.29, 1.82) is 0 Å². The third-order valence-corrected chi connectivity index (χ3v) is 4.14. The van der Waals surface area contributed by atoms with Crippen LogP contribution in [0.2, 0.25) is 0 Å². The molecule has 0 radical (unpaired) electrons. The van der Waals surface area contributed by atoms with Gasteiger partial charge in [-0.15, -0.1) is 11.8 Å². The quantitative estimate of drug-likeness (QED) is 0.792. The average molecular weight is 236 g/mol. The van der Waals surface area contributed by atoms with Gasteiger partial charge in [0.15, 0.2) is 0 Å². The van der Waals surface area contributed by atoms with Gasteiger partial charge in [-0.05, 0) is 55.8 Å². The van der Waals surface area contributed by atoms with E-state index in [1.165, 1.54) is 23.3 Å². The van der Waals surface area contributed by atoms with E-state index in [-0.39, 0.29) is 6.04 Å². The summed E-state index contributed by atoms with van der Waals surface area (Å²) < 4.78 is 0. The first kappa shape index (κ1) is 12.0. The largest absolute Gasteiger partial charge is 0.324 e. The van der Waals surface area contributed by atoms with Crippen LogP contribution in [0.15, 0.2) is 29.2 Å². The number of benzene rings is 1. The predicted octanol–water partition coefficient (Wildman–Crippen LogP) is 2.41. The van der Waals surface area contributed by atoms with E-state index in [0.29, 0.717) is 5.92 Å². The van der Waals surface area contributed by atoms with Crippen molar-refractivity contribution >= 4 is 11.8 Å². The van der Waals surface area contributed by atoms with Gasteiger partial charge in [0.25, 0.3) is 0 Å². The van der Waals surface area contributed by atoms with E-state index in [1.807, 2.05) is 0 Å². The molecule has 0 bridgehead atoms. The molecule has 1 heterocycles. The summed E-state index contributed by atoms with van der Waals surface area (Å²) in [5, 5.41) is 3.38. The number of nitrogens with two attached hydrogens (primary N) is 1. The highest BCUT2D eigenvalue weighted by molar-refractivity contribution is 7.98. The Kier molecular flexibility index (Phi) is 4.27. The normalized spacial score (nSPS) is 19.6. The van der Waals surface area contributed by atoms with Crippen molar-refractivity contribution < 1.29 is 0 Å². The summed E-state index contributed by atoms with van der Waals surface area (Å²) in [6, 6.07) is 8.90. The lowest BCUT2D eigenvalue weighted by atomic mass is 9.87. The fourth-order valence-corrected chi connectivity index (χ4v) is 2.71. The molecule has 1 aliphatic heterocycles. The van der Waals surface area contributed by atoms with E-state index in [1.54, 1.807) is 11.8 Å². The van der Waals surface area contributed by atoms with Gasteiger partial charge < -0.3 is 11.1 Å². The molecule has 2 nitrogen and oxygen atoms in total. The van der Waals surface area contributed by atoms with Crippen LogP contribution in [0.5, 0.6) is 0 Å². The lowest BCUT2D eigenvalue weighted by Crippen LogP contribution is -2.33. The van der Waals surface area contributed by atoms with Crippen LogP contribution in [0.1, 0.15) is 24.4 Å². The van der Waals surface area contributed by atoms with Gasteiger partial charge in [0.05, 0.1) is 0 Å². The number of hydrogen-bond acceptors (Lipinski definition) is 3. The van der Waals surface area contributed by atoms with Crippen LogP contribution >= 0.6 is 11.8 Å². The zero-order valence-electron chi connectivity index (χ0n) is 9.78. The topological polar surface area (TPSA) is 38.0 Å². The average Bonchev–Trinajstić information content (AvgIpc) is 2.39. The summed E-state index contributed by atoms with van der Waals surface area (Å²) in [7, 11) is 0. The number of hydrogen-bond donors (Lipinski definition) is 2. The molecule has 16 heavy (non-hydrogen) atoms. The number of rotatable bonds is 3. The molecule has 0 aromatic heterocycles. The van der Waals surface area contributed by atoms with Gasteiger partial charge in [-0.3, -0.25) is 0 Å². The van der Waals surface area contributed by atoms with Crippen molar-refractivity contribution in [3.8, 4) is 0 Å². The van der Waals surface area contributed by atoms with Crippen molar-refractivity contribution in [3.05, 3.63) is 29.8 Å². The molecule has 1 atom stereocenters. The monoisotopic (exact) mass is 236 g/mol. The molecule has 2 rings (SSSR count). The number of thioether (sulfide) groups is 1. The lowest BCUT2D eigenvalue weighted by Gasteiger charge is -2.28. The molecule has 88 valence electrons. The molecule has 0 amide bonds. The Morgan fingerprint density at radius 2 is 1.88 bits per heavy atom. The molecule has 1 saturated heterocycles. The molecule has 0 saturated carbocycles. The van der Waals surface area contributed by atoms with Gasteiger partial charge in [-0.1, -0.05) is 12.1 Å². The molecule has 0 unspecified atom stereocenters. The van der Waals surface area contributed by atoms with E-state index >= 15 is 0 Å². The van der Waals surface area contributed by atoms with E-state index in [0.717, 1.165) is 13.1 Å². The van der Waals surface area contributed by atoms with Crippen LogP contribution in [0.4, 0.5) is 0 Å². The van der Waals surface area contributed by atoms with Crippen LogP contribution in [0.25, 0.3) is 0 Å². The molecular weight excluding hydrogens is 216 g/mol. The fraction of sp³-hybridized carbons (Fsp3) is 0.538. The molecule has 3 heteroatoms. The second-order valence-electron chi connectivity index (χ2n) is 4.39. The van der Waals surface area contributed by atoms with Gasteiger partial charge in [0.2, 0.25) is 0 Å². The SMILES string of the molecule is CSc1ccc([C@H](N)C2CCNCC2)cc1. The molecule has 1 aliphatic rings. The summed E-state index contributed by atoms with van der Waals surface area (Å²) in [6.07, 6.45) is 4.50. The van der Waals surface area contributed by atoms with E-state index in [4.69, 9.17) is 5.73 Å². The van der Waals surface area contributed by atoms with Gasteiger partial charge in [-0.25, -0.2) is 0 Å². The standard InChI is InChI=1S/C13H20N2S/c1-16-12-4-2-10(3-5-12)13(14)11-6-8-15-9-7-11/h2-5,11,13,15H,6-9,14H2,1H3/t13-/m0/s1. The summed E-state index contributed by atoms with van der Waals surface area (Å²) >= 11 is 1.77. The Labute approximate surface area is 102 Å². The second-order valence-corrected chi connectivity index (χ2v) is 5.27. The van der Waals surface area contributed by atoms with Gasteiger partial charge in [-0.2, -0.15) is 0 Å². The molecule has 1 aromatic carbocycles. The Bertz CT molecular complexity index is 317. The van der Waals surface area contributed by atoms with Crippen molar-refractivity contribution in [1.82, 2.24) is 5.32 Å². The Morgan fingerprint density at radius 3 is 2.44 bits per heavy atom. The molecule has 0 aliphatic carbocycles. The lowest BCUT2D eigenvalue weighted by molar-refractivity contribution is 0.322. The summed E-state index contributed by atoms with van der Waals surface area (Å²) in [4.78, 5) is 1.31. The Hall–Kier alpha value is -0.510. The summed E-state index contributed by atoms with van der Waals surface area (Å²) in [6.45, 7) is 2.22. The summed E-state index contributed by atoms with van der Waals surface area (Å²) in [5.74, 6) is 0.640. The molecule has 1 aromatic rings. The molecule has 1 fully saturated rings. The van der Waals surface area contributed by atoms with E-state index in [2.05, 4.69) is 35.8 Å². The van der Waals surface area contributed by atoms with Crippen molar-refractivity contribution in [2.45, 2.75) is 23.8 Å². The second kappa shape index (κ2) is 5.71. The molecular formula is C13H20N2S. The minimum atomic E-state index is 0.206. The molecule has 3 N–H and O–H groups in total. The van der Waals surface area contributed by atoms with Crippen LogP contribution in [0.3, 0.4) is 0 Å².